The molecule has 2 aliphatic rings. The Morgan fingerprint density at radius 1 is 1.62 bits per heavy atom. The Bertz CT molecular complexity index is 639. The Labute approximate surface area is 123 Å². The Morgan fingerprint density at radius 2 is 2.48 bits per heavy atom. The van der Waals surface area contributed by atoms with Gasteiger partial charge in [-0.15, -0.1) is 5.10 Å². The zero-order chi connectivity index (χ0) is 14.8. The molecule has 1 aromatic rings. The molecular formula is C15H18N4O2. The van der Waals surface area contributed by atoms with Crippen LogP contribution in [0.3, 0.4) is 0 Å². The molecule has 3 rings (SSSR count). The minimum absolute atomic E-state index is 0.112. The number of rotatable bonds is 3. The molecule has 0 amide bonds. The molecule has 110 valence electrons. The fourth-order valence-corrected chi connectivity index (χ4v) is 3.15. The summed E-state index contributed by atoms with van der Waals surface area (Å²) in [4.78, 5) is 0. The van der Waals surface area contributed by atoms with E-state index in [9.17, 15) is 5.26 Å². The van der Waals surface area contributed by atoms with Gasteiger partial charge in [0.05, 0.1) is 17.9 Å². The van der Waals surface area contributed by atoms with Gasteiger partial charge in [-0.25, -0.2) is 0 Å². The summed E-state index contributed by atoms with van der Waals surface area (Å²) in [6, 6.07) is 2.21. The SMILES string of the molecule is COCc1[nH]nc2c1[C@@H]([C@H]1C=CCCC1)C(C#N)=C(N)O2. The third-order valence-corrected chi connectivity index (χ3v) is 4.07. The Morgan fingerprint density at radius 3 is 3.14 bits per heavy atom. The summed E-state index contributed by atoms with van der Waals surface area (Å²) < 4.78 is 10.7. The van der Waals surface area contributed by atoms with Crippen LogP contribution in [0.4, 0.5) is 0 Å². The number of allylic oxidation sites excluding steroid dienone is 3. The van der Waals surface area contributed by atoms with Gasteiger partial charge in [0.25, 0.3) is 0 Å². The van der Waals surface area contributed by atoms with Gasteiger partial charge in [0.15, 0.2) is 0 Å². The average Bonchev–Trinajstić information content (AvgIpc) is 2.89. The molecule has 0 fully saturated rings. The third kappa shape index (κ3) is 2.30. The van der Waals surface area contributed by atoms with Crippen molar-refractivity contribution in [2.24, 2.45) is 11.7 Å². The fraction of sp³-hybridized carbons (Fsp3) is 0.467. The van der Waals surface area contributed by atoms with Crippen LogP contribution in [0.15, 0.2) is 23.6 Å². The highest BCUT2D eigenvalue weighted by Crippen LogP contribution is 2.45. The van der Waals surface area contributed by atoms with Gasteiger partial charge in [-0.2, -0.15) is 5.26 Å². The number of aromatic nitrogens is 2. The molecule has 21 heavy (non-hydrogen) atoms. The van der Waals surface area contributed by atoms with Crippen molar-refractivity contribution in [2.75, 3.05) is 7.11 Å². The zero-order valence-corrected chi connectivity index (χ0v) is 11.9. The average molecular weight is 286 g/mol. The second-order valence-electron chi connectivity index (χ2n) is 5.35. The van der Waals surface area contributed by atoms with Gasteiger partial charge in [-0.1, -0.05) is 12.2 Å². The third-order valence-electron chi connectivity index (χ3n) is 4.07. The molecule has 0 saturated heterocycles. The largest absolute Gasteiger partial charge is 0.420 e. The first-order valence-corrected chi connectivity index (χ1v) is 7.06. The molecule has 6 nitrogen and oxygen atoms in total. The minimum Gasteiger partial charge on any atom is -0.420 e. The molecular weight excluding hydrogens is 268 g/mol. The number of hydrogen-bond donors (Lipinski definition) is 2. The first-order valence-electron chi connectivity index (χ1n) is 7.06. The number of nitrogens with zero attached hydrogens (tertiary/aromatic N) is 2. The number of nitrogens with one attached hydrogen (secondary N) is 1. The summed E-state index contributed by atoms with van der Waals surface area (Å²) in [7, 11) is 1.63. The van der Waals surface area contributed by atoms with Gasteiger partial charge in [0.2, 0.25) is 11.8 Å². The number of nitriles is 1. The number of aromatic amines is 1. The topological polar surface area (TPSA) is 97.0 Å². The van der Waals surface area contributed by atoms with Crippen molar-refractivity contribution in [2.45, 2.75) is 31.8 Å². The molecule has 0 radical (unpaired) electrons. The van der Waals surface area contributed by atoms with Crippen LogP contribution < -0.4 is 10.5 Å². The lowest BCUT2D eigenvalue weighted by Crippen LogP contribution is -2.25. The molecule has 0 bridgehead atoms. The molecule has 3 N–H and O–H groups in total. The van der Waals surface area contributed by atoms with E-state index >= 15 is 0 Å². The lowest BCUT2D eigenvalue weighted by Gasteiger charge is -2.30. The van der Waals surface area contributed by atoms with E-state index in [0.29, 0.717) is 18.1 Å². The van der Waals surface area contributed by atoms with E-state index < -0.39 is 0 Å². The van der Waals surface area contributed by atoms with Gasteiger partial charge in [0.1, 0.15) is 6.07 Å². The predicted molar refractivity (Wildman–Crippen MR) is 76.0 cm³/mol. The van der Waals surface area contributed by atoms with Crippen molar-refractivity contribution >= 4 is 0 Å². The van der Waals surface area contributed by atoms with E-state index in [2.05, 4.69) is 28.4 Å². The normalized spacial score (nSPS) is 24.4. The van der Waals surface area contributed by atoms with Gasteiger partial charge < -0.3 is 15.2 Å². The minimum atomic E-state index is -0.112. The summed E-state index contributed by atoms with van der Waals surface area (Å²) in [5.74, 6) is 0.744. The maximum Gasteiger partial charge on any atom is 0.244 e. The second-order valence-corrected chi connectivity index (χ2v) is 5.35. The monoisotopic (exact) mass is 286 g/mol. The van der Waals surface area contributed by atoms with Crippen molar-refractivity contribution in [3.63, 3.8) is 0 Å². The Balaban J connectivity index is 2.09. The summed E-state index contributed by atoms with van der Waals surface area (Å²) in [5, 5.41) is 16.6. The standard InChI is InChI=1S/C15H18N4O2/c1-20-8-11-13-12(9-5-3-2-4-6-9)10(7-16)14(17)21-15(13)19-18-11/h3,5,9,12H,2,4,6,8,17H2,1H3,(H,18,19)/t9-,12-/m0/s1. The van der Waals surface area contributed by atoms with Crippen LogP contribution in [-0.2, 0) is 11.3 Å². The number of hydrogen-bond acceptors (Lipinski definition) is 5. The quantitative estimate of drug-likeness (QED) is 0.829. The summed E-state index contributed by atoms with van der Waals surface area (Å²) in [6.07, 6.45) is 7.58. The van der Waals surface area contributed by atoms with Crippen LogP contribution in [0.2, 0.25) is 0 Å². The van der Waals surface area contributed by atoms with Crippen LogP contribution in [0, 0.1) is 17.2 Å². The van der Waals surface area contributed by atoms with Crippen molar-refractivity contribution in [3.8, 4) is 11.9 Å². The summed E-state index contributed by atoms with van der Waals surface area (Å²) in [5.41, 5.74) is 8.14. The molecule has 0 aromatic carbocycles. The number of ether oxygens (including phenoxy) is 2. The summed E-state index contributed by atoms with van der Waals surface area (Å²) >= 11 is 0. The van der Waals surface area contributed by atoms with Crippen molar-refractivity contribution in [1.82, 2.24) is 10.2 Å². The van der Waals surface area contributed by atoms with Gasteiger partial charge in [-0.05, 0) is 25.2 Å². The van der Waals surface area contributed by atoms with Crippen molar-refractivity contribution < 1.29 is 9.47 Å². The van der Waals surface area contributed by atoms with E-state index in [1.54, 1.807) is 7.11 Å². The smallest absolute Gasteiger partial charge is 0.244 e. The lowest BCUT2D eigenvalue weighted by atomic mass is 9.75. The Kier molecular flexibility index (Phi) is 3.67. The number of fused-ring (bicyclic) bond motifs is 1. The fourth-order valence-electron chi connectivity index (χ4n) is 3.15. The van der Waals surface area contributed by atoms with Crippen LogP contribution >= 0.6 is 0 Å². The van der Waals surface area contributed by atoms with E-state index in [1.807, 2.05) is 0 Å². The molecule has 2 heterocycles. The van der Waals surface area contributed by atoms with E-state index in [-0.39, 0.29) is 17.7 Å². The van der Waals surface area contributed by atoms with Crippen LogP contribution in [-0.4, -0.2) is 17.3 Å². The molecule has 1 aliphatic heterocycles. The van der Waals surface area contributed by atoms with Crippen molar-refractivity contribution in [3.05, 3.63) is 34.9 Å². The van der Waals surface area contributed by atoms with Gasteiger partial charge >= 0.3 is 0 Å². The molecule has 0 unspecified atom stereocenters. The first kappa shape index (κ1) is 13.7. The highest BCUT2D eigenvalue weighted by molar-refractivity contribution is 5.50. The molecule has 1 aliphatic carbocycles. The molecule has 1 aromatic heterocycles. The second kappa shape index (κ2) is 5.62. The van der Waals surface area contributed by atoms with Gasteiger partial charge in [-0.3, -0.25) is 5.10 Å². The lowest BCUT2D eigenvalue weighted by molar-refractivity contribution is 0.180. The molecule has 0 saturated carbocycles. The number of nitrogens with two attached hydrogens (primary N) is 1. The van der Waals surface area contributed by atoms with Crippen LogP contribution in [0.25, 0.3) is 0 Å². The van der Waals surface area contributed by atoms with Crippen LogP contribution in [0.1, 0.15) is 36.4 Å². The number of H-pyrrole nitrogens is 1. The van der Waals surface area contributed by atoms with E-state index in [1.165, 1.54) is 0 Å². The highest BCUT2D eigenvalue weighted by atomic mass is 16.5. The molecule has 0 spiro atoms. The van der Waals surface area contributed by atoms with Gasteiger partial charge in [0, 0.05) is 18.6 Å². The maximum absolute atomic E-state index is 9.49. The maximum atomic E-state index is 9.49. The predicted octanol–water partition coefficient (Wildman–Crippen LogP) is 2.08. The van der Waals surface area contributed by atoms with Crippen molar-refractivity contribution in [1.29, 1.82) is 5.26 Å². The summed E-state index contributed by atoms with van der Waals surface area (Å²) in [6.45, 7) is 0.400. The zero-order valence-electron chi connectivity index (χ0n) is 11.9. The molecule has 6 heteroatoms. The van der Waals surface area contributed by atoms with E-state index in [4.69, 9.17) is 15.2 Å². The molecule has 2 atom stereocenters. The van der Waals surface area contributed by atoms with E-state index in [0.717, 1.165) is 30.5 Å². The highest BCUT2D eigenvalue weighted by Gasteiger charge is 2.38. The Hall–Kier alpha value is -2.26. The first-order chi connectivity index (χ1) is 10.3. The van der Waals surface area contributed by atoms with Crippen LogP contribution in [0.5, 0.6) is 5.88 Å². The number of methoxy groups -OCH3 is 1.